The Labute approximate surface area is 158 Å². The average molecular weight is 358 g/mol. The summed E-state index contributed by atoms with van der Waals surface area (Å²) in [6, 6.07) is 13.0. The zero-order chi connectivity index (χ0) is 18.4. The van der Waals surface area contributed by atoms with Crippen LogP contribution in [0.1, 0.15) is 32.7 Å². The lowest BCUT2D eigenvalue weighted by atomic mass is 10.1. The number of benzene rings is 1. The van der Waals surface area contributed by atoms with Gasteiger partial charge in [-0.3, -0.25) is 9.08 Å². The van der Waals surface area contributed by atoms with Crippen molar-refractivity contribution in [3.8, 4) is 28.1 Å². The lowest BCUT2D eigenvalue weighted by Gasteiger charge is -2.10. The minimum atomic E-state index is 0.172. The van der Waals surface area contributed by atoms with Gasteiger partial charge < -0.3 is 4.74 Å². The fourth-order valence-electron chi connectivity index (χ4n) is 3.37. The van der Waals surface area contributed by atoms with E-state index >= 15 is 0 Å². The first kappa shape index (κ1) is 16.1. The predicted molar refractivity (Wildman–Crippen MR) is 106 cm³/mol. The summed E-state index contributed by atoms with van der Waals surface area (Å²) in [6.07, 6.45) is 10.8. The van der Waals surface area contributed by atoms with Crippen LogP contribution < -0.4 is 4.74 Å². The number of hydrogen-bond donors (Lipinski definition) is 0. The zero-order valence-electron chi connectivity index (χ0n) is 15.5. The molecule has 1 aliphatic rings. The van der Waals surface area contributed by atoms with Crippen LogP contribution in [0.2, 0.25) is 0 Å². The molecule has 3 heterocycles. The molecule has 1 saturated carbocycles. The van der Waals surface area contributed by atoms with Crippen LogP contribution in [-0.4, -0.2) is 25.3 Å². The molecule has 27 heavy (non-hydrogen) atoms. The molecule has 136 valence electrons. The van der Waals surface area contributed by atoms with Crippen molar-refractivity contribution in [3.63, 3.8) is 0 Å². The lowest BCUT2D eigenvalue weighted by Crippen LogP contribution is -2.05. The molecule has 0 N–H and O–H groups in total. The molecule has 1 aliphatic carbocycles. The largest absolute Gasteiger partial charge is 0.491 e. The van der Waals surface area contributed by atoms with Crippen LogP contribution in [-0.2, 0) is 0 Å². The smallest absolute Gasteiger partial charge is 0.137 e. The zero-order valence-corrected chi connectivity index (χ0v) is 15.5. The van der Waals surface area contributed by atoms with E-state index in [1.165, 1.54) is 12.8 Å². The van der Waals surface area contributed by atoms with Crippen molar-refractivity contribution >= 4 is 5.65 Å². The van der Waals surface area contributed by atoms with E-state index in [0.29, 0.717) is 6.04 Å². The Morgan fingerprint density at radius 3 is 2.44 bits per heavy atom. The molecule has 1 aromatic carbocycles. The van der Waals surface area contributed by atoms with Crippen molar-refractivity contribution in [2.45, 2.75) is 38.8 Å². The maximum atomic E-state index is 5.75. The number of fused-ring (bicyclic) bond motifs is 1. The normalized spacial score (nSPS) is 14.2. The fourth-order valence-corrected chi connectivity index (χ4v) is 3.37. The molecule has 0 saturated heterocycles. The lowest BCUT2D eigenvalue weighted by molar-refractivity contribution is 0.242. The second-order valence-corrected chi connectivity index (χ2v) is 7.42. The van der Waals surface area contributed by atoms with Crippen molar-refractivity contribution in [3.05, 3.63) is 61.2 Å². The van der Waals surface area contributed by atoms with Gasteiger partial charge in [-0.1, -0.05) is 0 Å². The molecule has 0 radical (unpaired) electrons. The fraction of sp³-hybridized carbons (Fsp3) is 0.273. The summed E-state index contributed by atoms with van der Waals surface area (Å²) in [5.74, 6) is 0.885. The quantitative estimate of drug-likeness (QED) is 0.505. The summed E-state index contributed by atoms with van der Waals surface area (Å²) >= 11 is 0. The highest BCUT2D eigenvalue weighted by atomic mass is 16.5. The molecular weight excluding hydrogens is 336 g/mol. The van der Waals surface area contributed by atoms with E-state index in [-0.39, 0.29) is 6.10 Å². The minimum Gasteiger partial charge on any atom is -0.491 e. The minimum absolute atomic E-state index is 0.172. The molecule has 0 spiro atoms. The Bertz CT molecular complexity index is 1090. The Balaban J connectivity index is 1.51. The molecule has 0 atom stereocenters. The topological polar surface area (TPSA) is 44.4 Å². The summed E-state index contributed by atoms with van der Waals surface area (Å²) in [5, 5.41) is 4.51. The maximum Gasteiger partial charge on any atom is 0.137 e. The molecule has 1 fully saturated rings. The average Bonchev–Trinajstić information content (AvgIpc) is 3.25. The highest BCUT2D eigenvalue weighted by Gasteiger charge is 2.24. The Morgan fingerprint density at radius 2 is 1.70 bits per heavy atom. The first-order valence-corrected chi connectivity index (χ1v) is 9.46. The second-order valence-electron chi connectivity index (χ2n) is 7.42. The molecular formula is C22H22N4O. The van der Waals surface area contributed by atoms with Gasteiger partial charge in [0.25, 0.3) is 0 Å². The first-order valence-electron chi connectivity index (χ1n) is 9.46. The van der Waals surface area contributed by atoms with Gasteiger partial charge in [0, 0.05) is 29.1 Å². The number of nitrogens with zero attached hydrogens (tertiary/aromatic N) is 4. The van der Waals surface area contributed by atoms with Gasteiger partial charge >= 0.3 is 0 Å². The number of pyridine rings is 1. The number of imidazole rings is 1. The molecule has 5 rings (SSSR count). The van der Waals surface area contributed by atoms with Crippen molar-refractivity contribution in [2.24, 2.45) is 0 Å². The van der Waals surface area contributed by atoms with E-state index in [2.05, 4.69) is 55.8 Å². The Kier molecular flexibility index (Phi) is 3.74. The molecule has 5 heteroatoms. The highest BCUT2D eigenvalue weighted by molar-refractivity contribution is 5.69. The van der Waals surface area contributed by atoms with Crippen LogP contribution in [0.25, 0.3) is 28.0 Å². The van der Waals surface area contributed by atoms with E-state index in [9.17, 15) is 0 Å². The van der Waals surface area contributed by atoms with Gasteiger partial charge in [-0.15, -0.1) is 0 Å². The van der Waals surface area contributed by atoms with E-state index < -0.39 is 0 Å². The van der Waals surface area contributed by atoms with Crippen molar-refractivity contribution < 1.29 is 4.74 Å². The van der Waals surface area contributed by atoms with Gasteiger partial charge in [-0.2, -0.15) is 5.10 Å². The van der Waals surface area contributed by atoms with Gasteiger partial charge in [0.2, 0.25) is 0 Å². The van der Waals surface area contributed by atoms with E-state index in [1.807, 2.05) is 38.4 Å². The van der Waals surface area contributed by atoms with Gasteiger partial charge in [-0.25, -0.2) is 4.98 Å². The number of hydrogen-bond acceptors (Lipinski definition) is 3. The van der Waals surface area contributed by atoms with Crippen LogP contribution in [0.4, 0.5) is 0 Å². The maximum absolute atomic E-state index is 5.75. The molecule has 5 nitrogen and oxygen atoms in total. The third-order valence-corrected chi connectivity index (χ3v) is 4.88. The molecule has 3 aromatic heterocycles. The Hall–Kier alpha value is -3.08. The Morgan fingerprint density at radius 1 is 0.926 bits per heavy atom. The van der Waals surface area contributed by atoms with E-state index in [4.69, 9.17) is 4.74 Å². The van der Waals surface area contributed by atoms with Gasteiger partial charge in [0.05, 0.1) is 30.2 Å². The van der Waals surface area contributed by atoms with Crippen LogP contribution in [0.15, 0.2) is 61.2 Å². The molecule has 0 amide bonds. The summed E-state index contributed by atoms with van der Waals surface area (Å²) in [6.45, 7) is 4.07. The van der Waals surface area contributed by atoms with Crippen LogP contribution >= 0.6 is 0 Å². The molecule has 0 unspecified atom stereocenters. The third kappa shape index (κ3) is 3.10. The van der Waals surface area contributed by atoms with Crippen molar-refractivity contribution in [2.75, 3.05) is 0 Å². The second kappa shape index (κ2) is 6.27. The highest BCUT2D eigenvalue weighted by Crippen LogP contribution is 2.35. The van der Waals surface area contributed by atoms with E-state index in [1.54, 1.807) is 0 Å². The van der Waals surface area contributed by atoms with Crippen LogP contribution in [0.3, 0.4) is 0 Å². The molecule has 4 aromatic rings. The van der Waals surface area contributed by atoms with Gasteiger partial charge in [-0.05, 0) is 63.1 Å². The van der Waals surface area contributed by atoms with Gasteiger partial charge in [0.15, 0.2) is 0 Å². The number of ether oxygens (including phenoxy) is 1. The SMILES string of the molecule is CC(C)Oc1ccc(-c2cnc3ccc(-c4cnn(C5CC5)c4)cn23)cc1. The van der Waals surface area contributed by atoms with Gasteiger partial charge in [0.1, 0.15) is 11.4 Å². The summed E-state index contributed by atoms with van der Waals surface area (Å²) < 4.78 is 9.97. The summed E-state index contributed by atoms with van der Waals surface area (Å²) in [4.78, 5) is 4.55. The number of aromatic nitrogens is 4. The van der Waals surface area contributed by atoms with Crippen molar-refractivity contribution in [1.29, 1.82) is 0 Å². The van der Waals surface area contributed by atoms with Crippen LogP contribution in [0.5, 0.6) is 5.75 Å². The van der Waals surface area contributed by atoms with Crippen molar-refractivity contribution in [1.82, 2.24) is 19.2 Å². The van der Waals surface area contributed by atoms with E-state index in [0.717, 1.165) is 33.8 Å². The molecule has 0 aliphatic heterocycles. The standard InChI is InChI=1S/C22H22N4O/c1-15(2)27-20-8-3-16(4-9-20)21-12-23-22-10-5-17(13-25(21)22)18-11-24-26(14-18)19-6-7-19/h3-5,8-15,19H,6-7H2,1-2H3. The third-order valence-electron chi connectivity index (χ3n) is 4.88. The number of rotatable bonds is 5. The summed E-state index contributed by atoms with van der Waals surface area (Å²) in [7, 11) is 0. The first-order chi connectivity index (χ1) is 13.2. The monoisotopic (exact) mass is 358 g/mol. The van der Waals surface area contributed by atoms with Crippen LogP contribution in [0, 0.1) is 0 Å². The molecule has 0 bridgehead atoms. The summed E-state index contributed by atoms with van der Waals surface area (Å²) in [5.41, 5.74) is 5.41. The predicted octanol–water partition coefficient (Wildman–Crippen LogP) is 4.99.